The van der Waals surface area contributed by atoms with E-state index in [1.54, 1.807) is 24.3 Å². The van der Waals surface area contributed by atoms with E-state index >= 15 is 0 Å². The van der Waals surface area contributed by atoms with Gasteiger partial charge in [-0.05, 0) is 35.0 Å². The molecule has 1 heterocycles. The Morgan fingerprint density at radius 3 is 2.31 bits per heavy atom. The van der Waals surface area contributed by atoms with Crippen LogP contribution in [-0.4, -0.2) is 5.84 Å². The molecule has 1 unspecified atom stereocenters. The van der Waals surface area contributed by atoms with Gasteiger partial charge in [-0.25, -0.2) is 4.99 Å². The van der Waals surface area contributed by atoms with Crippen LogP contribution in [0.15, 0.2) is 76.9 Å². The van der Waals surface area contributed by atoms with Gasteiger partial charge in [-0.2, -0.15) is 0 Å². The number of amidine groups is 1. The van der Waals surface area contributed by atoms with Crippen LogP contribution >= 0.6 is 23.2 Å². The lowest BCUT2D eigenvalue weighted by atomic mass is 9.79. The molecule has 0 aliphatic carbocycles. The van der Waals surface area contributed by atoms with Crippen LogP contribution in [0.25, 0.3) is 11.1 Å². The van der Waals surface area contributed by atoms with Crippen molar-refractivity contribution in [2.75, 3.05) is 0 Å². The Kier molecular flexibility index (Phi) is 4.02. The van der Waals surface area contributed by atoms with Crippen molar-refractivity contribution in [2.45, 2.75) is 5.54 Å². The number of aliphatic imine (C=N–C) groups is 1. The molecule has 0 amide bonds. The lowest BCUT2D eigenvalue weighted by Crippen LogP contribution is -2.38. The number of nitroso groups, excluding NO2 is 1. The lowest BCUT2D eigenvalue weighted by Gasteiger charge is -2.26. The fourth-order valence-electron chi connectivity index (χ4n) is 3.39. The van der Waals surface area contributed by atoms with E-state index in [2.05, 4.69) is 10.2 Å². The monoisotopic (exact) mass is 381 g/mol. The largest absolute Gasteiger partial charge is 0.384 e. The third-order valence-electron chi connectivity index (χ3n) is 4.58. The van der Waals surface area contributed by atoms with Crippen LogP contribution in [0.5, 0.6) is 0 Å². The molecule has 3 aromatic rings. The van der Waals surface area contributed by atoms with Crippen molar-refractivity contribution in [3.63, 3.8) is 0 Å². The van der Waals surface area contributed by atoms with Crippen LogP contribution < -0.4 is 5.73 Å². The molecule has 0 aromatic heterocycles. The fourth-order valence-corrected chi connectivity index (χ4v) is 3.80. The van der Waals surface area contributed by atoms with E-state index in [-0.39, 0.29) is 5.84 Å². The van der Waals surface area contributed by atoms with Crippen molar-refractivity contribution in [3.8, 4) is 11.1 Å². The first-order valence-corrected chi connectivity index (χ1v) is 8.67. The smallest absolute Gasteiger partial charge is 0.212 e. The van der Waals surface area contributed by atoms with Crippen molar-refractivity contribution >= 4 is 34.7 Å². The van der Waals surface area contributed by atoms with E-state index in [0.29, 0.717) is 26.9 Å². The summed E-state index contributed by atoms with van der Waals surface area (Å²) in [7, 11) is 0. The van der Waals surface area contributed by atoms with Crippen LogP contribution in [0.3, 0.4) is 0 Å². The molecule has 128 valence electrons. The summed E-state index contributed by atoms with van der Waals surface area (Å²) in [6.45, 7) is 0. The van der Waals surface area contributed by atoms with E-state index in [0.717, 1.165) is 11.1 Å². The van der Waals surface area contributed by atoms with Gasteiger partial charge in [0.15, 0.2) is 0 Å². The number of halogens is 2. The molecule has 1 atom stereocenters. The van der Waals surface area contributed by atoms with Crippen LogP contribution in [0, 0.1) is 4.91 Å². The second kappa shape index (κ2) is 6.24. The first-order valence-electron chi connectivity index (χ1n) is 7.91. The highest BCUT2D eigenvalue weighted by Crippen LogP contribution is 2.48. The zero-order valence-electron chi connectivity index (χ0n) is 13.5. The molecule has 1 aliphatic heterocycles. The van der Waals surface area contributed by atoms with Gasteiger partial charge in [0.2, 0.25) is 5.54 Å². The minimum absolute atomic E-state index is 0.115. The van der Waals surface area contributed by atoms with Gasteiger partial charge in [0.1, 0.15) is 5.84 Å². The average molecular weight is 382 g/mol. The number of benzene rings is 3. The maximum atomic E-state index is 12.2. The molecule has 1 aliphatic rings. The van der Waals surface area contributed by atoms with Gasteiger partial charge in [0.25, 0.3) is 0 Å². The highest BCUT2D eigenvalue weighted by molar-refractivity contribution is 6.33. The topological polar surface area (TPSA) is 67.8 Å². The number of hydrogen-bond donors (Lipinski definition) is 1. The molecule has 2 N–H and O–H groups in total. The number of hydrogen-bond acceptors (Lipinski definition) is 4. The number of rotatable bonds is 3. The first kappa shape index (κ1) is 16.8. The summed E-state index contributed by atoms with van der Waals surface area (Å²) in [5.74, 6) is 0.115. The van der Waals surface area contributed by atoms with E-state index in [9.17, 15) is 4.91 Å². The van der Waals surface area contributed by atoms with Crippen LogP contribution in [0.4, 0.5) is 5.69 Å². The molecule has 0 bridgehead atoms. The predicted octanol–water partition coefficient (Wildman–Crippen LogP) is 5.67. The Hall–Kier alpha value is -2.69. The normalized spacial score (nSPS) is 18.3. The van der Waals surface area contributed by atoms with Gasteiger partial charge in [-0.3, -0.25) is 0 Å². The molecule has 0 spiro atoms. The third-order valence-corrected chi connectivity index (χ3v) is 5.14. The molecule has 0 radical (unpaired) electrons. The summed E-state index contributed by atoms with van der Waals surface area (Å²) in [4.78, 5) is 16.6. The summed E-state index contributed by atoms with van der Waals surface area (Å²) < 4.78 is 0. The van der Waals surface area contributed by atoms with Gasteiger partial charge in [-0.15, -0.1) is 4.91 Å². The molecule has 0 saturated carbocycles. The van der Waals surface area contributed by atoms with Gasteiger partial charge in [0, 0.05) is 26.7 Å². The van der Waals surface area contributed by atoms with Crippen molar-refractivity contribution in [1.29, 1.82) is 0 Å². The molecule has 4 rings (SSSR count). The van der Waals surface area contributed by atoms with Gasteiger partial charge in [0.05, 0.1) is 5.69 Å². The fraction of sp³-hybridized carbons (Fsp3) is 0.0500. The number of nitrogens with zero attached hydrogens (tertiary/aromatic N) is 2. The van der Waals surface area contributed by atoms with Crippen molar-refractivity contribution in [3.05, 3.63) is 92.8 Å². The van der Waals surface area contributed by atoms with Gasteiger partial charge < -0.3 is 5.73 Å². The highest BCUT2D eigenvalue weighted by Gasteiger charge is 2.47. The zero-order valence-corrected chi connectivity index (χ0v) is 15.0. The minimum atomic E-state index is -1.45. The van der Waals surface area contributed by atoms with Crippen LogP contribution in [-0.2, 0) is 5.54 Å². The summed E-state index contributed by atoms with van der Waals surface area (Å²) in [5.41, 5.74) is 8.10. The Balaban J connectivity index is 2.05. The molecule has 26 heavy (non-hydrogen) atoms. The molecule has 0 fully saturated rings. The number of nitrogens with two attached hydrogens (primary N) is 1. The SMILES string of the molecule is NC1=Nc2ccc(Cl)cc2C1(N=O)c1ccccc1-c1ccccc1Cl. The maximum absolute atomic E-state index is 12.2. The van der Waals surface area contributed by atoms with Gasteiger partial charge >= 0.3 is 0 Å². The Morgan fingerprint density at radius 1 is 0.885 bits per heavy atom. The third kappa shape index (κ3) is 2.34. The summed E-state index contributed by atoms with van der Waals surface area (Å²) >= 11 is 12.6. The number of fused-ring (bicyclic) bond motifs is 1. The Bertz CT molecular complexity index is 1060. The highest BCUT2D eigenvalue weighted by atomic mass is 35.5. The second-order valence-electron chi connectivity index (χ2n) is 5.99. The van der Waals surface area contributed by atoms with Crippen LogP contribution in [0.1, 0.15) is 11.1 Å². The molecule has 0 saturated heterocycles. The molecule has 6 heteroatoms. The summed E-state index contributed by atoms with van der Waals surface area (Å²) in [6, 6.07) is 20.0. The standard InChI is InChI=1S/C20H13Cl2N3O/c21-12-9-10-18-16(11-12)20(25-26,19(23)24-18)15-7-3-1-5-13(15)14-6-2-4-8-17(14)22/h1-11H,(H2,23,24). The Labute approximate surface area is 160 Å². The Morgan fingerprint density at radius 2 is 1.58 bits per heavy atom. The molecule has 4 nitrogen and oxygen atoms in total. The summed E-state index contributed by atoms with van der Waals surface area (Å²) in [6.07, 6.45) is 0. The van der Waals surface area contributed by atoms with Crippen molar-refractivity contribution in [1.82, 2.24) is 0 Å². The maximum Gasteiger partial charge on any atom is 0.212 e. The lowest BCUT2D eigenvalue weighted by molar-refractivity contribution is 0.737. The average Bonchev–Trinajstić information content (AvgIpc) is 2.93. The van der Waals surface area contributed by atoms with Gasteiger partial charge in [-0.1, -0.05) is 65.7 Å². The quantitative estimate of drug-likeness (QED) is 0.593. The van der Waals surface area contributed by atoms with Crippen LogP contribution in [0.2, 0.25) is 10.0 Å². The predicted molar refractivity (Wildman–Crippen MR) is 106 cm³/mol. The summed E-state index contributed by atoms with van der Waals surface area (Å²) in [5, 5.41) is 4.51. The van der Waals surface area contributed by atoms with E-state index in [4.69, 9.17) is 28.9 Å². The second-order valence-corrected chi connectivity index (χ2v) is 6.83. The zero-order chi connectivity index (χ0) is 18.3. The molecular weight excluding hydrogens is 369 g/mol. The van der Waals surface area contributed by atoms with E-state index in [1.807, 2.05) is 42.5 Å². The first-order chi connectivity index (χ1) is 12.6. The van der Waals surface area contributed by atoms with Crippen molar-refractivity contribution in [2.24, 2.45) is 15.9 Å². The minimum Gasteiger partial charge on any atom is -0.384 e. The van der Waals surface area contributed by atoms with Crippen molar-refractivity contribution < 1.29 is 0 Å². The van der Waals surface area contributed by atoms with E-state index < -0.39 is 5.54 Å². The molecular formula is C20H13Cl2N3O. The molecule has 3 aromatic carbocycles. The van der Waals surface area contributed by atoms with E-state index in [1.165, 1.54) is 0 Å².